The van der Waals surface area contributed by atoms with Crippen molar-refractivity contribution in [3.05, 3.63) is 77.4 Å². The van der Waals surface area contributed by atoms with Crippen molar-refractivity contribution in [2.75, 3.05) is 13.7 Å². The fourth-order valence-electron chi connectivity index (χ4n) is 3.13. The van der Waals surface area contributed by atoms with Gasteiger partial charge in [-0.25, -0.2) is 13.2 Å². The van der Waals surface area contributed by atoms with Crippen molar-refractivity contribution in [1.82, 2.24) is 4.31 Å². The van der Waals surface area contributed by atoms with Crippen LogP contribution in [-0.2, 0) is 19.6 Å². The molecule has 0 amide bonds. The third-order valence-electron chi connectivity index (χ3n) is 4.42. The number of sulfonamides is 1. The molecule has 2 aromatic carbocycles. The molecule has 138 valence electrons. The predicted octanol–water partition coefficient (Wildman–Crippen LogP) is 2.79. The predicted molar refractivity (Wildman–Crippen MR) is 98.9 cm³/mol. The second-order valence-electron chi connectivity index (χ2n) is 6.00. The van der Waals surface area contributed by atoms with Gasteiger partial charge < -0.3 is 4.74 Å². The number of carbonyl (C=O) groups is 1. The molecule has 0 N–H and O–H groups in total. The smallest absolute Gasteiger partial charge is 0.335 e. The van der Waals surface area contributed by atoms with Crippen molar-refractivity contribution in [2.24, 2.45) is 0 Å². The molecule has 6 nitrogen and oxygen atoms in total. The zero-order valence-electron chi connectivity index (χ0n) is 14.7. The maximum atomic E-state index is 13.2. The van der Waals surface area contributed by atoms with Crippen LogP contribution in [0.4, 0.5) is 0 Å². The van der Waals surface area contributed by atoms with E-state index in [4.69, 9.17) is 10.00 Å². The number of hydrogen-bond donors (Lipinski definition) is 0. The summed E-state index contributed by atoms with van der Waals surface area (Å²) in [6.45, 7) is 0.238. The van der Waals surface area contributed by atoms with E-state index in [-0.39, 0.29) is 17.0 Å². The average molecular weight is 382 g/mol. The van der Waals surface area contributed by atoms with E-state index in [9.17, 15) is 13.2 Å². The van der Waals surface area contributed by atoms with Crippen LogP contribution >= 0.6 is 0 Å². The van der Waals surface area contributed by atoms with Crippen LogP contribution in [0.5, 0.6) is 0 Å². The monoisotopic (exact) mass is 382 g/mol. The van der Waals surface area contributed by atoms with Crippen molar-refractivity contribution in [1.29, 1.82) is 5.26 Å². The molecular weight excluding hydrogens is 364 g/mol. The van der Waals surface area contributed by atoms with Crippen LogP contribution in [0.1, 0.15) is 23.6 Å². The van der Waals surface area contributed by atoms with Crippen LogP contribution in [0.15, 0.2) is 71.1 Å². The number of hydrogen-bond acceptors (Lipinski definition) is 5. The zero-order chi connectivity index (χ0) is 19.4. The van der Waals surface area contributed by atoms with Gasteiger partial charge in [-0.1, -0.05) is 36.4 Å². The van der Waals surface area contributed by atoms with Crippen LogP contribution < -0.4 is 0 Å². The molecule has 0 bridgehead atoms. The summed E-state index contributed by atoms with van der Waals surface area (Å²) in [5, 5.41) is 9.01. The minimum Gasteiger partial charge on any atom is -0.466 e. The lowest BCUT2D eigenvalue weighted by molar-refractivity contribution is -0.136. The Labute approximate surface area is 158 Å². The van der Waals surface area contributed by atoms with Crippen LogP contribution in [-0.4, -0.2) is 32.3 Å². The second-order valence-corrected chi connectivity index (χ2v) is 7.90. The van der Waals surface area contributed by atoms with E-state index in [0.717, 1.165) is 0 Å². The fraction of sp³-hybridized carbons (Fsp3) is 0.200. The molecule has 0 aromatic heterocycles. The van der Waals surface area contributed by atoms with Gasteiger partial charge in [-0.2, -0.15) is 9.57 Å². The van der Waals surface area contributed by atoms with Gasteiger partial charge in [-0.15, -0.1) is 0 Å². The number of carbonyl (C=O) groups excluding carboxylic acids is 1. The third kappa shape index (κ3) is 3.63. The third-order valence-corrected chi connectivity index (χ3v) is 6.30. The van der Waals surface area contributed by atoms with Crippen molar-refractivity contribution in [3.63, 3.8) is 0 Å². The Hall–Kier alpha value is -2.95. The number of methoxy groups -OCH3 is 1. The van der Waals surface area contributed by atoms with Crippen LogP contribution in [0.2, 0.25) is 0 Å². The van der Waals surface area contributed by atoms with Crippen molar-refractivity contribution in [3.8, 4) is 6.07 Å². The molecule has 0 fully saturated rings. The van der Waals surface area contributed by atoms with Crippen molar-refractivity contribution < 1.29 is 17.9 Å². The molecule has 7 heteroatoms. The van der Waals surface area contributed by atoms with Gasteiger partial charge in [0.15, 0.2) is 0 Å². The topological polar surface area (TPSA) is 87.5 Å². The Morgan fingerprint density at radius 3 is 2.41 bits per heavy atom. The van der Waals surface area contributed by atoms with Gasteiger partial charge >= 0.3 is 5.97 Å². The summed E-state index contributed by atoms with van der Waals surface area (Å²) >= 11 is 0. The van der Waals surface area contributed by atoms with E-state index in [1.807, 2.05) is 6.07 Å². The molecule has 0 spiro atoms. The minimum atomic E-state index is -3.83. The highest BCUT2D eigenvalue weighted by atomic mass is 32.2. The second kappa shape index (κ2) is 7.74. The first-order valence-electron chi connectivity index (χ1n) is 8.34. The zero-order valence-corrected chi connectivity index (χ0v) is 15.5. The van der Waals surface area contributed by atoms with Crippen LogP contribution in [0.3, 0.4) is 0 Å². The largest absolute Gasteiger partial charge is 0.466 e. The SMILES string of the molecule is COC(=O)C1=CCCN(S(=O)(=O)c2ccccc2)C1c1ccc(C#N)cc1. The number of esters is 1. The van der Waals surface area contributed by atoms with Crippen LogP contribution in [0.25, 0.3) is 0 Å². The van der Waals surface area contributed by atoms with Gasteiger partial charge in [-0.3, -0.25) is 0 Å². The Balaban J connectivity index is 2.13. The highest BCUT2D eigenvalue weighted by molar-refractivity contribution is 7.89. The molecule has 2 aromatic rings. The van der Waals surface area contributed by atoms with Crippen LogP contribution in [0, 0.1) is 11.3 Å². The molecule has 1 aliphatic rings. The highest BCUT2D eigenvalue weighted by Crippen LogP contribution is 2.37. The van der Waals surface area contributed by atoms with Gasteiger partial charge in [0.05, 0.1) is 35.3 Å². The number of benzene rings is 2. The quantitative estimate of drug-likeness (QED) is 0.759. The van der Waals surface area contributed by atoms with Gasteiger partial charge in [0.1, 0.15) is 0 Å². The number of nitrogens with zero attached hydrogens (tertiary/aromatic N) is 2. The Morgan fingerprint density at radius 2 is 1.81 bits per heavy atom. The molecule has 0 saturated carbocycles. The lowest BCUT2D eigenvalue weighted by Gasteiger charge is -2.34. The lowest BCUT2D eigenvalue weighted by Crippen LogP contribution is -2.40. The molecule has 3 rings (SSSR count). The standard InChI is InChI=1S/C20H18N2O4S/c1-26-20(23)18-8-5-13-22(27(24,25)17-6-3-2-4-7-17)19(18)16-11-9-15(14-21)10-12-16/h2-4,6-12,19H,5,13H2,1H3. The van der Waals surface area contributed by atoms with Crippen molar-refractivity contribution in [2.45, 2.75) is 17.4 Å². The molecule has 1 atom stereocenters. The first kappa shape index (κ1) is 18.8. The van der Waals surface area contributed by atoms with E-state index in [0.29, 0.717) is 17.5 Å². The summed E-state index contributed by atoms with van der Waals surface area (Å²) < 4.78 is 32.7. The molecule has 1 aliphatic heterocycles. The highest BCUT2D eigenvalue weighted by Gasteiger charge is 2.39. The number of nitriles is 1. The Bertz CT molecular complexity index is 1010. The summed E-state index contributed by atoms with van der Waals surface area (Å²) in [7, 11) is -2.56. The molecule has 27 heavy (non-hydrogen) atoms. The van der Waals surface area contributed by atoms with E-state index < -0.39 is 22.0 Å². The Morgan fingerprint density at radius 1 is 1.15 bits per heavy atom. The maximum absolute atomic E-state index is 13.2. The maximum Gasteiger partial charge on any atom is 0.335 e. The number of ether oxygens (including phenoxy) is 1. The molecular formula is C20H18N2O4S. The molecule has 0 saturated heterocycles. The summed E-state index contributed by atoms with van der Waals surface area (Å²) in [4.78, 5) is 12.5. The minimum absolute atomic E-state index is 0.162. The van der Waals surface area contributed by atoms with Gasteiger partial charge in [0.25, 0.3) is 0 Å². The summed E-state index contributed by atoms with van der Waals surface area (Å²) in [5.41, 5.74) is 1.33. The molecule has 0 aliphatic carbocycles. The summed E-state index contributed by atoms with van der Waals surface area (Å²) in [6, 6.07) is 15.9. The summed E-state index contributed by atoms with van der Waals surface area (Å²) in [5.74, 6) is -0.572. The molecule has 1 heterocycles. The van der Waals surface area contributed by atoms with Gasteiger partial charge in [0, 0.05) is 6.54 Å². The fourth-order valence-corrected chi connectivity index (χ4v) is 4.76. The van der Waals surface area contributed by atoms with E-state index in [1.54, 1.807) is 48.5 Å². The first-order valence-corrected chi connectivity index (χ1v) is 9.78. The molecule has 1 unspecified atom stereocenters. The molecule has 0 radical (unpaired) electrons. The normalized spacial score (nSPS) is 17.6. The first-order chi connectivity index (χ1) is 13.0. The van der Waals surface area contributed by atoms with E-state index in [2.05, 4.69) is 0 Å². The van der Waals surface area contributed by atoms with Gasteiger partial charge in [-0.05, 0) is 36.2 Å². The summed E-state index contributed by atoms with van der Waals surface area (Å²) in [6.07, 6.45) is 2.12. The van der Waals surface area contributed by atoms with Gasteiger partial charge in [0.2, 0.25) is 10.0 Å². The Kier molecular flexibility index (Phi) is 5.40. The van der Waals surface area contributed by atoms with Crippen molar-refractivity contribution >= 4 is 16.0 Å². The van der Waals surface area contributed by atoms with E-state index in [1.165, 1.54) is 23.5 Å². The average Bonchev–Trinajstić information content (AvgIpc) is 2.73. The lowest BCUT2D eigenvalue weighted by atomic mass is 9.94. The number of rotatable bonds is 4. The van der Waals surface area contributed by atoms with E-state index >= 15 is 0 Å².